The topological polar surface area (TPSA) is 78.9 Å². The van der Waals surface area contributed by atoms with E-state index in [0.717, 1.165) is 64.2 Å². The van der Waals surface area contributed by atoms with Crippen LogP contribution < -0.4 is 0 Å². The van der Waals surface area contributed by atoms with E-state index in [1.165, 1.54) is 276 Å². The second-order valence-electron chi connectivity index (χ2n) is 23.4. The summed E-state index contributed by atoms with van der Waals surface area (Å²) in [4.78, 5) is 38.3. The maximum Gasteiger partial charge on any atom is 0.306 e. The molecular formula is C71H132O6. The van der Waals surface area contributed by atoms with E-state index in [2.05, 4.69) is 57.2 Å². The highest BCUT2D eigenvalue weighted by Gasteiger charge is 2.19. The number of carbonyl (C=O) groups excluding carboxylic acids is 3. The first kappa shape index (κ1) is 74.6. The Morgan fingerprint density at radius 1 is 0.260 bits per heavy atom. The molecule has 0 rings (SSSR count). The van der Waals surface area contributed by atoms with Gasteiger partial charge in [0.15, 0.2) is 6.10 Å². The van der Waals surface area contributed by atoms with Gasteiger partial charge < -0.3 is 14.2 Å². The van der Waals surface area contributed by atoms with E-state index < -0.39 is 6.10 Å². The number of allylic oxidation sites excluding steroid dienone is 6. The first-order valence-electron chi connectivity index (χ1n) is 34.5. The van der Waals surface area contributed by atoms with Crippen molar-refractivity contribution in [3.8, 4) is 0 Å². The van der Waals surface area contributed by atoms with E-state index in [1.54, 1.807) is 0 Å². The van der Waals surface area contributed by atoms with Gasteiger partial charge >= 0.3 is 17.9 Å². The van der Waals surface area contributed by atoms with Crippen molar-refractivity contribution >= 4 is 17.9 Å². The van der Waals surface area contributed by atoms with Gasteiger partial charge in [0.2, 0.25) is 0 Å². The number of carbonyl (C=O) groups is 3. The lowest BCUT2D eigenvalue weighted by Crippen LogP contribution is -2.30. The van der Waals surface area contributed by atoms with Crippen molar-refractivity contribution < 1.29 is 28.6 Å². The first-order valence-corrected chi connectivity index (χ1v) is 34.5. The third kappa shape index (κ3) is 64.3. The van der Waals surface area contributed by atoms with Crippen LogP contribution in [-0.4, -0.2) is 37.2 Å². The molecule has 0 heterocycles. The van der Waals surface area contributed by atoms with Crippen LogP contribution in [0.2, 0.25) is 0 Å². The normalized spacial score (nSPS) is 12.2. The lowest BCUT2D eigenvalue weighted by molar-refractivity contribution is -0.167. The molecule has 452 valence electrons. The van der Waals surface area contributed by atoms with Crippen LogP contribution in [0.4, 0.5) is 0 Å². The minimum absolute atomic E-state index is 0.0682. The van der Waals surface area contributed by atoms with Crippen LogP contribution in [0, 0.1) is 0 Å². The third-order valence-corrected chi connectivity index (χ3v) is 15.6. The van der Waals surface area contributed by atoms with Gasteiger partial charge in [0.1, 0.15) is 13.2 Å². The summed E-state index contributed by atoms with van der Waals surface area (Å²) in [5, 5.41) is 0. The SMILES string of the molecule is CCCCCCC/C=C\C/C=C\CCCCCCCCCCCCCCCCCCCCCC(=O)OCC(COC(=O)CCCCCCCCCCCC)OC(=O)CCCCCCCCC/C=C\CCCCCCCCC. The predicted octanol–water partition coefficient (Wildman–Crippen LogP) is 23.6. The Bertz CT molecular complexity index is 1290. The van der Waals surface area contributed by atoms with Gasteiger partial charge in [0.25, 0.3) is 0 Å². The number of rotatable bonds is 64. The molecule has 77 heavy (non-hydrogen) atoms. The highest BCUT2D eigenvalue weighted by atomic mass is 16.6. The molecule has 0 aliphatic carbocycles. The van der Waals surface area contributed by atoms with Gasteiger partial charge in [-0.15, -0.1) is 0 Å². The molecule has 0 fully saturated rings. The van der Waals surface area contributed by atoms with Crippen LogP contribution in [0.5, 0.6) is 0 Å². The van der Waals surface area contributed by atoms with Gasteiger partial charge in [0.05, 0.1) is 0 Å². The summed E-state index contributed by atoms with van der Waals surface area (Å²) in [6, 6.07) is 0. The first-order chi connectivity index (χ1) is 38.0. The van der Waals surface area contributed by atoms with Gasteiger partial charge in [-0.2, -0.15) is 0 Å². The van der Waals surface area contributed by atoms with Crippen LogP contribution >= 0.6 is 0 Å². The number of hydrogen-bond acceptors (Lipinski definition) is 6. The average molecular weight is 1080 g/mol. The number of unbranched alkanes of at least 4 members (excludes halogenated alkanes) is 47. The van der Waals surface area contributed by atoms with Crippen molar-refractivity contribution in [3.05, 3.63) is 36.5 Å². The Morgan fingerprint density at radius 2 is 0.468 bits per heavy atom. The van der Waals surface area contributed by atoms with E-state index in [1.807, 2.05) is 0 Å². The second-order valence-corrected chi connectivity index (χ2v) is 23.4. The molecular weight excluding hydrogens is 949 g/mol. The van der Waals surface area contributed by atoms with Crippen LogP contribution in [0.1, 0.15) is 380 Å². The molecule has 0 spiro atoms. The van der Waals surface area contributed by atoms with Gasteiger partial charge in [0, 0.05) is 19.3 Å². The zero-order valence-electron chi connectivity index (χ0n) is 52.0. The quantitative estimate of drug-likeness (QED) is 0.0261. The van der Waals surface area contributed by atoms with Crippen molar-refractivity contribution in [3.63, 3.8) is 0 Å². The van der Waals surface area contributed by atoms with Crippen molar-refractivity contribution in [1.29, 1.82) is 0 Å². The highest BCUT2D eigenvalue weighted by Crippen LogP contribution is 2.18. The van der Waals surface area contributed by atoms with Crippen molar-refractivity contribution in [2.45, 2.75) is 386 Å². The van der Waals surface area contributed by atoms with E-state index in [9.17, 15) is 14.4 Å². The molecule has 0 aromatic rings. The van der Waals surface area contributed by atoms with Crippen molar-refractivity contribution in [1.82, 2.24) is 0 Å². The molecule has 0 amide bonds. The Kier molecular flexibility index (Phi) is 64.1. The summed E-state index contributed by atoms with van der Waals surface area (Å²) in [6.07, 6.45) is 81.8. The summed E-state index contributed by atoms with van der Waals surface area (Å²) >= 11 is 0. The molecule has 0 saturated heterocycles. The van der Waals surface area contributed by atoms with E-state index in [0.29, 0.717) is 19.3 Å². The summed E-state index contributed by atoms with van der Waals surface area (Å²) in [7, 11) is 0. The molecule has 6 heteroatoms. The number of hydrogen-bond donors (Lipinski definition) is 0. The molecule has 0 aliphatic rings. The van der Waals surface area contributed by atoms with Gasteiger partial charge in [-0.3, -0.25) is 14.4 Å². The lowest BCUT2D eigenvalue weighted by atomic mass is 10.0. The minimum Gasteiger partial charge on any atom is -0.462 e. The molecule has 0 aliphatic heterocycles. The van der Waals surface area contributed by atoms with Crippen molar-refractivity contribution in [2.75, 3.05) is 13.2 Å². The Morgan fingerprint density at radius 3 is 0.727 bits per heavy atom. The molecule has 0 bridgehead atoms. The highest BCUT2D eigenvalue weighted by molar-refractivity contribution is 5.71. The smallest absolute Gasteiger partial charge is 0.306 e. The Labute approximate surface area is 480 Å². The molecule has 1 unspecified atom stereocenters. The molecule has 0 N–H and O–H groups in total. The zero-order valence-corrected chi connectivity index (χ0v) is 52.0. The number of esters is 3. The predicted molar refractivity (Wildman–Crippen MR) is 335 cm³/mol. The monoisotopic (exact) mass is 1080 g/mol. The fourth-order valence-electron chi connectivity index (χ4n) is 10.4. The summed E-state index contributed by atoms with van der Waals surface area (Å²) in [6.45, 7) is 6.67. The van der Waals surface area contributed by atoms with Gasteiger partial charge in [-0.1, -0.05) is 320 Å². The fourth-order valence-corrected chi connectivity index (χ4v) is 10.4. The van der Waals surface area contributed by atoms with E-state index in [-0.39, 0.29) is 31.1 Å². The third-order valence-electron chi connectivity index (χ3n) is 15.6. The van der Waals surface area contributed by atoms with Crippen LogP contribution in [-0.2, 0) is 28.6 Å². The van der Waals surface area contributed by atoms with Crippen LogP contribution in [0.15, 0.2) is 36.5 Å². The fraction of sp³-hybridized carbons (Fsp3) is 0.873. The summed E-state index contributed by atoms with van der Waals surface area (Å²) in [5.41, 5.74) is 0. The van der Waals surface area contributed by atoms with Crippen LogP contribution in [0.25, 0.3) is 0 Å². The maximum atomic E-state index is 12.9. The largest absolute Gasteiger partial charge is 0.462 e. The summed E-state index contributed by atoms with van der Waals surface area (Å²) in [5.74, 6) is -0.849. The molecule has 0 aromatic carbocycles. The zero-order chi connectivity index (χ0) is 55.7. The van der Waals surface area contributed by atoms with Crippen LogP contribution in [0.3, 0.4) is 0 Å². The van der Waals surface area contributed by atoms with E-state index in [4.69, 9.17) is 14.2 Å². The summed E-state index contributed by atoms with van der Waals surface area (Å²) < 4.78 is 16.9. The second kappa shape index (κ2) is 66.1. The maximum absolute atomic E-state index is 12.9. The standard InChI is InChI=1S/C71H132O6/c1-4-7-10-13-16-19-22-24-26-28-30-31-32-33-34-35-36-37-38-39-40-41-42-44-45-47-49-52-55-58-61-64-70(73)76-67-68(66-75-69(72)63-60-57-54-51-21-18-15-12-9-6-3)77-71(74)65-62-59-56-53-50-48-46-43-29-27-25-23-20-17-14-11-8-5-2/h22,24,27-30,68H,4-21,23,25-26,31-67H2,1-3H3/b24-22-,29-27-,30-28-. The van der Waals surface area contributed by atoms with Gasteiger partial charge in [-0.05, 0) is 77.0 Å². The Balaban J connectivity index is 4.09. The average Bonchev–Trinajstić information content (AvgIpc) is 3.43. The lowest BCUT2D eigenvalue weighted by Gasteiger charge is -2.18. The van der Waals surface area contributed by atoms with Crippen molar-refractivity contribution in [2.24, 2.45) is 0 Å². The minimum atomic E-state index is -0.770. The molecule has 1 atom stereocenters. The molecule has 0 saturated carbocycles. The molecule has 0 aromatic heterocycles. The van der Waals surface area contributed by atoms with Gasteiger partial charge in [-0.25, -0.2) is 0 Å². The number of ether oxygens (including phenoxy) is 3. The molecule has 0 radical (unpaired) electrons. The molecule has 6 nitrogen and oxygen atoms in total. The Hall–Kier alpha value is -2.37. The van der Waals surface area contributed by atoms with E-state index >= 15 is 0 Å².